The second kappa shape index (κ2) is 11.0. The molecule has 0 radical (unpaired) electrons. The van der Waals surface area contributed by atoms with Crippen LogP contribution in [0.1, 0.15) is 5.56 Å². The van der Waals surface area contributed by atoms with E-state index in [1.807, 2.05) is 36.4 Å². The van der Waals surface area contributed by atoms with Gasteiger partial charge in [-0.3, -0.25) is 9.36 Å². The zero-order valence-electron chi connectivity index (χ0n) is 17.6. The summed E-state index contributed by atoms with van der Waals surface area (Å²) < 4.78 is 29.6. The van der Waals surface area contributed by atoms with Gasteiger partial charge in [0.2, 0.25) is 5.91 Å². The van der Waals surface area contributed by atoms with E-state index >= 15 is 0 Å². The number of amides is 1. The number of hydrogen-bond acceptors (Lipinski definition) is 4. The average Bonchev–Trinajstić information content (AvgIpc) is 3.23. The van der Waals surface area contributed by atoms with E-state index in [2.05, 4.69) is 15.5 Å². The molecule has 0 saturated carbocycles. The third-order valence-electron chi connectivity index (χ3n) is 4.88. The summed E-state index contributed by atoms with van der Waals surface area (Å²) >= 11 is 13.2. The van der Waals surface area contributed by atoms with E-state index in [0.29, 0.717) is 39.6 Å². The van der Waals surface area contributed by atoms with Crippen LogP contribution in [0, 0.1) is 11.6 Å². The molecular formula is C24H18Cl2F2N4OS. The van der Waals surface area contributed by atoms with Gasteiger partial charge >= 0.3 is 0 Å². The number of hydrogen-bond donors (Lipinski definition) is 1. The molecule has 3 aromatic carbocycles. The van der Waals surface area contributed by atoms with Gasteiger partial charge in [0.1, 0.15) is 11.6 Å². The van der Waals surface area contributed by atoms with Crippen LogP contribution in [0.4, 0.5) is 8.78 Å². The van der Waals surface area contributed by atoms with Crippen LogP contribution in [0.3, 0.4) is 0 Å². The smallest absolute Gasteiger partial charge is 0.230 e. The van der Waals surface area contributed by atoms with Gasteiger partial charge in [0, 0.05) is 28.2 Å². The molecular weight excluding hydrogens is 501 g/mol. The number of thioether (sulfide) groups is 1. The molecule has 174 valence electrons. The van der Waals surface area contributed by atoms with Gasteiger partial charge in [-0.05, 0) is 36.2 Å². The lowest BCUT2D eigenvalue weighted by atomic mass is 10.1. The monoisotopic (exact) mass is 518 g/mol. The van der Waals surface area contributed by atoms with E-state index < -0.39 is 11.6 Å². The summed E-state index contributed by atoms with van der Waals surface area (Å²) in [6.45, 7) is 0.384. The minimum atomic E-state index is -0.761. The highest BCUT2D eigenvalue weighted by Gasteiger charge is 2.20. The van der Waals surface area contributed by atoms with Crippen LogP contribution in [0.5, 0.6) is 0 Å². The molecule has 1 amide bonds. The van der Waals surface area contributed by atoms with E-state index in [-0.39, 0.29) is 17.3 Å². The number of nitrogens with one attached hydrogen (secondary N) is 1. The van der Waals surface area contributed by atoms with Crippen LogP contribution in [0.15, 0.2) is 71.9 Å². The first-order valence-corrected chi connectivity index (χ1v) is 12.0. The molecule has 10 heteroatoms. The number of carbonyl (C=O) groups excluding carboxylic acids is 1. The number of carbonyl (C=O) groups is 1. The lowest BCUT2D eigenvalue weighted by Gasteiger charge is -2.11. The van der Waals surface area contributed by atoms with Crippen LogP contribution in [-0.2, 0) is 11.2 Å². The van der Waals surface area contributed by atoms with Crippen molar-refractivity contribution in [2.75, 3.05) is 12.3 Å². The predicted octanol–water partition coefficient (Wildman–Crippen LogP) is 5.97. The molecule has 1 aromatic heterocycles. The summed E-state index contributed by atoms with van der Waals surface area (Å²) in [6, 6.07) is 17.6. The van der Waals surface area contributed by atoms with E-state index in [4.69, 9.17) is 23.2 Å². The highest BCUT2D eigenvalue weighted by atomic mass is 35.5. The van der Waals surface area contributed by atoms with Gasteiger partial charge in [-0.2, -0.15) is 0 Å². The van der Waals surface area contributed by atoms with E-state index in [9.17, 15) is 13.6 Å². The molecule has 1 N–H and O–H groups in total. The van der Waals surface area contributed by atoms with E-state index in [0.717, 1.165) is 29.5 Å². The first-order valence-electron chi connectivity index (χ1n) is 10.2. The van der Waals surface area contributed by atoms with Crippen LogP contribution < -0.4 is 5.32 Å². The Kier molecular flexibility index (Phi) is 7.82. The van der Waals surface area contributed by atoms with Gasteiger partial charge in [0.05, 0.1) is 11.4 Å². The van der Waals surface area contributed by atoms with Crippen LogP contribution in [0.2, 0.25) is 10.0 Å². The molecule has 34 heavy (non-hydrogen) atoms. The topological polar surface area (TPSA) is 59.8 Å². The Balaban J connectivity index is 1.48. The zero-order valence-corrected chi connectivity index (χ0v) is 20.0. The Morgan fingerprint density at radius 1 is 1.00 bits per heavy atom. The SMILES string of the molecule is O=C(CSc1nnc(-c2ccccc2)n1-c1ccc(F)cc1F)NCCc1ccc(Cl)cc1Cl. The van der Waals surface area contributed by atoms with Gasteiger partial charge in [-0.25, -0.2) is 8.78 Å². The van der Waals surface area contributed by atoms with Crippen molar-refractivity contribution in [2.24, 2.45) is 0 Å². The number of halogens is 4. The Bertz CT molecular complexity index is 1320. The molecule has 0 aliphatic heterocycles. The van der Waals surface area contributed by atoms with Gasteiger partial charge in [-0.1, -0.05) is 71.4 Å². The lowest BCUT2D eigenvalue weighted by Crippen LogP contribution is -2.27. The highest BCUT2D eigenvalue weighted by molar-refractivity contribution is 7.99. The quantitative estimate of drug-likeness (QED) is 0.292. The van der Waals surface area contributed by atoms with Gasteiger partial charge in [0.15, 0.2) is 11.0 Å². The number of rotatable bonds is 8. The maximum atomic E-state index is 14.6. The van der Waals surface area contributed by atoms with Crippen LogP contribution in [0.25, 0.3) is 17.1 Å². The summed E-state index contributed by atoms with van der Waals surface area (Å²) in [6.07, 6.45) is 0.543. The molecule has 0 unspecified atom stereocenters. The summed E-state index contributed by atoms with van der Waals surface area (Å²) in [5.41, 5.74) is 1.67. The van der Waals surface area contributed by atoms with Gasteiger partial charge in [0.25, 0.3) is 0 Å². The Morgan fingerprint density at radius 3 is 2.53 bits per heavy atom. The van der Waals surface area contributed by atoms with Crippen molar-refractivity contribution in [2.45, 2.75) is 11.6 Å². The molecule has 4 rings (SSSR count). The minimum absolute atomic E-state index is 0.0318. The van der Waals surface area contributed by atoms with Crippen LogP contribution in [-0.4, -0.2) is 33.0 Å². The Labute approximate surface area is 209 Å². The molecule has 5 nitrogen and oxygen atoms in total. The summed E-state index contributed by atoms with van der Waals surface area (Å²) in [7, 11) is 0. The third-order valence-corrected chi connectivity index (χ3v) is 6.40. The molecule has 0 atom stereocenters. The molecule has 0 fully saturated rings. The number of benzene rings is 3. The summed E-state index contributed by atoms with van der Waals surface area (Å²) in [4.78, 5) is 12.4. The average molecular weight is 519 g/mol. The minimum Gasteiger partial charge on any atom is -0.355 e. The maximum absolute atomic E-state index is 14.6. The van der Waals surface area contributed by atoms with Crippen molar-refractivity contribution in [1.82, 2.24) is 20.1 Å². The normalized spacial score (nSPS) is 10.9. The molecule has 0 saturated heterocycles. The fourth-order valence-electron chi connectivity index (χ4n) is 3.26. The first kappa shape index (κ1) is 24.2. The lowest BCUT2D eigenvalue weighted by molar-refractivity contribution is -0.118. The largest absolute Gasteiger partial charge is 0.355 e. The Hall–Kier alpha value is -2.94. The Morgan fingerprint density at radius 2 is 1.79 bits per heavy atom. The second-order valence-corrected chi connectivity index (χ2v) is 9.01. The van der Waals surface area contributed by atoms with Crippen molar-refractivity contribution in [3.05, 3.63) is 94.0 Å². The molecule has 0 aliphatic carbocycles. The molecule has 0 aliphatic rings. The number of aromatic nitrogens is 3. The predicted molar refractivity (Wildman–Crippen MR) is 131 cm³/mol. The van der Waals surface area contributed by atoms with E-state index in [1.165, 1.54) is 10.6 Å². The molecule has 0 bridgehead atoms. The maximum Gasteiger partial charge on any atom is 0.230 e. The van der Waals surface area contributed by atoms with E-state index in [1.54, 1.807) is 12.1 Å². The number of nitrogens with zero attached hydrogens (tertiary/aromatic N) is 3. The highest BCUT2D eigenvalue weighted by Crippen LogP contribution is 2.29. The van der Waals surface area contributed by atoms with Gasteiger partial charge < -0.3 is 5.32 Å². The van der Waals surface area contributed by atoms with Crippen molar-refractivity contribution in [1.29, 1.82) is 0 Å². The van der Waals surface area contributed by atoms with Crippen LogP contribution >= 0.6 is 35.0 Å². The van der Waals surface area contributed by atoms with Gasteiger partial charge in [-0.15, -0.1) is 10.2 Å². The standard InChI is InChI=1S/C24H18Cl2F2N4OS/c25-17-7-6-15(19(26)12-17)10-11-29-22(33)14-34-24-31-30-23(16-4-2-1-3-5-16)32(24)21-9-8-18(27)13-20(21)28/h1-9,12-13H,10-11,14H2,(H,29,33). The molecule has 0 spiro atoms. The van der Waals surface area contributed by atoms with Crippen molar-refractivity contribution in [3.63, 3.8) is 0 Å². The molecule has 1 heterocycles. The summed E-state index contributed by atoms with van der Waals surface area (Å²) in [5.74, 6) is -1.27. The van der Waals surface area contributed by atoms with Crippen molar-refractivity contribution >= 4 is 40.9 Å². The van der Waals surface area contributed by atoms with Crippen molar-refractivity contribution in [3.8, 4) is 17.1 Å². The van der Waals surface area contributed by atoms with Crippen molar-refractivity contribution < 1.29 is 13.6 Å². The molecule has 4 aromatic rings. The third kappa shape index (κ3) is 5.75. The fourth-order valence-corrected chi connectivity index (χ4v) is 4.54. The summed E-state index contributed by atoms with van der Waals surface area (Å²) in [5, 5.41) is 12.6. The second-order valence-electron chi connectivity index (χ2n) is 7.23. The fraction of sp³-hybridized carbons (Fsp3) is 0.125. The zero-order chi connectivity index (χ0) is 24.1. The first-order chi connectivity index (χ1) is 16.4.